The quantitative estimate of drug-likeness (QED) is 0.428. The predicted molar refractivity (Wildman–Crippen MR) is 121 cm³/mol. The van der Waals surface area contributed by atoms with Gasteiger partial charge in [-0.05, 0) is 37.2 Å². The first-order chi connectivity index (χ1) is 15.3. The molecule has 1 fully saturated rings. The number of hydrogen-bond donors (Lipinski definition) is 3. The highest BCUT2D eigenvalue weighted by Gasteiger charge is 2.30. The van der Waals surface area contributed by atoms with Gasteiger partial charge in [-0.3, -0.25) is 9.59 Å². The molecular formula is C24H35N3O5. The second-order valence-corrected chi connectivity index (χ2v) is 8.68. The summed E-state index contributed by atoms with van der Waals surface area (Å²) < 4.78 is 5.64. The first-order valence-electron chi connectivity index (χ1n) is 11.4. The molecule has 0 spiro atoms. The molecule has 4 atom stereocenters. The van der Waals surface area contributed by atoms with Gasteiger partial charge in [0, 0.05) is 12.5 Å². The van der Waals surface area contributed by atoms with E-state index in [0.717, 1.165) is 12.0 Å². The molecule has 3 N–H and O–H groups in total. The lowest BCUT2D eigenvalue weighted by Gasteiger charge is -2.24. The zero-order chi connectivity index (χ0) is 23.5. The molecule has 0 aliphatic carbocycles. The molecule has 1 heterocycles. The molecule has 32 heavy (non-hydrogen) atoms. The van der Waals surface area contributed by atoms with Crippen LogP contribution in [-0.2, 0) is 19.1 Å². The summed E-state index contributed by atoms with van der Waals surface area (Å²) in [6.07, 6.45) is 2.32. The van der Waals surface area contributed by atoms with E-state index in [2.05, 4.69) is 16.0 Å². The summed E-state index contributed by atoms with van der Waals surface area (Å²) in [5.74, 6) is -0.734. The number of rotatable bonds is 12. The van der Waals surface area contributed by atoms with Crippen molar-refractivity contribution in [3.8, 4) is 0 Å². The molecule has 0 bridgehead atoms. The van der Waals surface area contributed by atoms with Crippen molar-refractivity contribution in [1.29, 1.82) is 0 Å². The zero-order valence-corrected chi connectivity index (χ0v) is 19.1. The van der Waals surface area contributed by atoms with Gasteiger partial charge in [-0.15, -0.1) is 0 Å². The van der Waals surface area contributed by atoms with Crippen LogP contribution in [0.25, 0.3) is 0 Å². The molecule has 1 aliphatic heterocycles. The van der Waals surface area contributed by atoms with Gasteiger partial charge in [0.1, 0.15) is 18.4 Å². The van der Waals surface area contributed by atoms with Gasteiger partial charge < -0.3 is 25.5 Å². The number of nitrogens with one attached hydrogen (secondary N) is 3. The maximum Gasteiger partial charge on any atom is 0.408 e. The molecule has 1 aromatic carbocycles. The number of carbonyl (C=O) groups excluding carboxylic acids is 4. The van der Waals surface area contributed by atoms with E-state index >= 15 is 0 Å². The van der Waals surface area contributed by atoms with Crippen molar-refractivity contribution in [2.45, 2.75) is 71.1 Å². The Labute approximate surface area is 189 Å². The summed E-state index contributed by atoms with van der Waals surface area (Å²) in [5, 5.41) is 8.08. The second kappa shape index (κ2) is 12.8. The lowest BCUT2D eigenvalue weighted by molar-refractivity contribution is -0.127. The van der Waals surface area contributed by atoms with E-state index in [9.17, 15) is 19.2 Å². The normalized spacial score (nSPS) is 18.4. The first kappa shape index (κ1) is 25.4. The predicted octanol–water partition coefficient (Wildman–Crippen LogP) is 2.88. The Morgan fingerprint density at radius 3 is 2.50 bits per heavy atom. The molecule has 0 aromatic heterocycles. The second-order valence-electron chi connectivity index (χ2n) is 8.68. The monoisotopic (exact) mass is 445 g/mol. The van der Waals surface area contributed by atoms with Gasteiger partial charge in [0.2, 0.25) is 11.8 Å². The summed E-state index contributed by atoms with van der Waals surface area (Å²) in [6.45, 7) is 6.47. The molecule has 3 unspecified atom stereocenters. The van der Waals surface area contributed by atoms with E-state index in [1.165, 1.54) is 0 Å². The summed E-state index contributed by atoms with van der Waals surface area (Å²) in [7, 11) is 0. The van der Waals surface area contributed by atoms with Crippen LogP contribution in [0.3, 0.4) is 0 Å². The van der Waals surface area contributed by atoms with Crippen molar-refractivity contribution in [1.82, 2.24) is 16.0 Å². The highest BCUT2D eigenvalue weighted by atomic mass is 16.6. The molecule has 2 rings (SSSR count). The van der Waals surface area contributed by atoms with Crippen molar-refractivity contribution in [2.75, 3.05) is 6.54 Å². The Morgan fingerprint density at radius 2 is 1.94 bits per heavy atom. The average molecular weight is 446 g/mol. The van der Waals surface area contributed by atoms with E-state index in [1.807, 2.05) is 51.1 Å². The minimum absolute atomic E-state index is 0.102. The van der Waals surface area contributed by atoms with Crippen LogP contribution >= 0.6 is 0 Å². The third-order valence-corrected chi connectivity index (χ3v) is 5.48. The zero-order valence-electron chi connectivity index (χ0n) is 19.1. The molecular weight excluding hydrogens is 410 g/mol. The van der Waals surface area contributed by atoms with Gasteiger partial charge >= 0.3 is 6.09 Å². The Balaban J connectivity index is 2.00. The van der Waals surface area contributed by atoms with Gasteiger partial charge in [-0.2, -0.15) is 0 Å². The van der Waals surface area contributed by atoms with Gasteiger partial charge in [0.25, 0.3) is 0 Å². The van der Waals surface area contributed by atoms with Crippen LogP contribution in [0.5, 0.6) is 0 Å². The van der Waals surface area contributed by atoms with Crippen LogP contribution in [0, 0.1) is 11.8 Å². The maximum absolute atomic E-state index is 12.9. The Bertz CT molecular complexity index is 768. The Kier molecular flexibility index (Phi) is 10.2. The van der Waals surface area contributed by atoms with Crippen LogP contribution in [0.15, 0.2) is 30.3 Å². The van der Waals surface area contributed by atoms with Gasteiger partial charge in [-0.25, -0.2) is 4.79 Å². The Morgan fingerprint density at radius 1 is 1.22 bits per heavy atom. The number of hydrogen-bond acceptors (Lipinski definition) is 5. The van der Waals surface area contributed by atoms with E-state index in [-0.39, 0.29) is 24.2 Å². The van der Waals surface area contributed by atoms with E-state index < -0.39 is 30.2 Å². The molecule has 8 nitrogen and oxygen atoms in total. The summed E-state index contributed by atoms with van der Waals surface area (Å²) in [6, 6.07) is 7.84. The van der Waals surface area contributed by atoms with Crippen LogP contribution in [0.1, 0.15) is 64.5 Å². The van der Waals surface area contributed by atoms with E-state index in [1.54, 1.807) is 0 Å². The minimum atomic E-state index is -0.847. The van der Waals surface area contributed by atoms with Crippen molar-refractivity contribution in [3.05, 3.63) is 35.9 Å². The summed E-state index contributed by atoms with van der Waals surface area (Å²) in [5.41, 5.74) is 0.894. The van der Waals surface area contributed by atoms with Gasteiger partial charge in [0.05, 0.1) is 6.04 Å². The molecule has 1 aliphatic rings. The number of amides is 3. The lowest BCUT2D eigenvalue weighted by atomic mass is 9.98. The number of alkyl carbamates (subject to hydrolysis) is 1. The average Bonchev–Trinajstić information content (AvgIpc) is 3.17. The number of carbonyl (C=O) groups is 4. The standard InChI is InChI=1S/C24H35N3O5/c1-4-8-21(17-9-6-5-7-10-17)32-24(31)27-20(13-16(2)3)23(30)26-19(15-28)14-18-11-12-25-22(18)29/h5-7,9-10,15-16,18-21H,4,8,11-14H2,1-3H3,(H,25,29)(H,26,30)(H,27,31)/t18-,19?,20?,21?/m0/s1. The molecule has 1 aromatic rings. The fourth-order valence-electron chi connectivity index (χ4n) is 3.84. The van der Waals surface area contributed by atoms with Gasteiger partial charge in [0.15, 0.2) is 0 Å². The highest BCUT2D eigenvalue weighted by Crippen LogP contribution is 2.23. The third-order valence-electron chi connectivity index (χ3n) is 5.48. The van der Waals surface area contributed by atoms with Crippen molar-refractivity contribution < 1.29 is 23.9 Å². The molecule has 1 saturated heterocycles. The van der Waals surface area contributed by atoms with Crippen molar-refractivity contribution in [3.63, 3.8) is 0 Å². The van der Waals surface area contributed by atoms with Crippen molar-refractivity contribution >= 4 is 24.2 Å². The molecule has 0 radical (unpaired) electrons. The van der Waals surface area contributed by atoms with Crippen LogP contribution in [0.4, 0.5) is 4.79 Å². The maximum atomic E-state index is 12.9. The highest BCUT2D eigenvalue weighted by molar-refractivity contribution is 5.88. The Hall–Kier alpha value is -2.90. The van der Waals surface area contributed by atoms with Gasteiger partial charge in [-0.1, -0.05) is 57.5 Å². The number of benzene rings is 1. The SMILES string of the molecule is CCCC(OC(=O)NC(CC(C)C)C(=O)NC(C=O)C[C@@H]1CCNC1=O)c1ccccc1. The fourth-order valence-corrected chi connectivity index (χ4v) is 3.84. The molecule has 8 heteroatoms. The summed E-state index contributed by atoms with van der Waals surface area (Å²) in [4.78, 5) is 48.8. The van der Waals surface area contributed by atoms with Crippen molar-refractivity contribution in [2.24, 2.45) is 11.8 Å². The summed E-state index contributed by atoms with van der Waals surface area (Å²) >= 11 is 0. The number of ether oxygens (including phenoxy) is 1. The van der Waals surface area contributed by atoms with E-state index in [4.69, 9.17) is 4.74 Å². The largest absolute Gasteiger partial charge is 0.441 e. The minimum Gasteiger partial charge on any atom is -0.441 e. The topological polar surface area (TPSA) is 114 Å². The third kappa shape index (κ3) is 7.98. The first-order valence-corrected chi connectivity index (χ1v) is 11.4. The molecule has 3 amide bonds. The van der Waals surface area contributed by atoms with E-state index in [0.29, 0.717) is 32.1 Å². The van der Waals surface area contributed by atoms with Crippen LogP contribution < -0.4 is 16.0 Å². The molecule has 176 valence electrons. The van der Waals surface area contributed by atoms with Crippen LogP contribution in [0.2, 0.25) is 0 Å². The lowest BCUT2D eigenvalue weighted by Crippen LogP contribution is -2.51. The number of aldehydes is 1. The van der Waals surface area contributed by atoms with Crippen LogP contribution in [-0.4, -0.2) is 42.8 Å². The smallest absolute Gasteiger partial charge is 0.408 e. The molecule has 0 saturated carbocycles. The fraction of sp³-hybridized carbons (Fsp3) is 0.583.